The van der Waals surface area contributed by atoms with Gasteiger partial charge in [-0.2, -0.15) is 0 Å². The molecule has 0 aliphatic carbocycles. The molecule has 1 aliphatic heterocycles. The largest absolute Gasteiger partial charge is 0.348 e. The molecule has 0 atom stereocenters. The van der Waals surface area contributed by atoms with Gasteiger partial charge in [-0.25, -0.2) is 4.98 Å². The SMILES string of the molecule is CC(C)Cn1c(=O)c(N2CCN(C(=O)CCCc3ccccc3)CC2)nc2ccncc21. The summed E-state index contributed by atoms with van der Waals surface area (Å²) < 4.78 is 1.79. The minimum absolute atomic E-state index is 0.0816. The van der Waals surface area contributed by atoms with Crippen LogP contribution in [0.4, 0.5) is 5.82 Å². The summed E-state index contributed by atoms with van der Waals surface area (Å²) in [6, 6.07) is 12.1. The number of piperazine rings is 1. The number of anilines is 1. The van der Waals surface area contributed by atoms with Crippen LogP contribution in [-0.4, -0.2) is 51.5 Å². The lowest BCUT2D eigenvalue weighted by Crippen LogP contribution is -2.50. The summed E-state index contributed by atoms with van der Waals surface area (Å²) in [6.45, 7) is 7.27. The molecule has 0 bridgehead atoms. The van der Waals surface area contributed by atoms with Crippen molar-refractivity contribution in [1.29, 1.82) is 0 Å². The fraction of sp³-hybridized carbons (Fsp3) is 0.440. The van der Waals surface area contributed by atoms with E-state index in [9.17, 15) is 9.59 Å². The molecule has 0 N–H and O–H groups in total. The van der Waals surface area contributed by atoms with E-state index in [0.29, 0.717) is 50.9 Å². The van der Waals surface area contributed by atoms with Gasteiger partial charge in [-0.3, -0.25) is 14.6 Å². The Balaban J connectivity index is 1.41. The van der Waals surface area contributed by atoms with E-state index in [1.54, 1.807) is 17.0 Å². The summed E-state index contributed by atoms with van der Waals surface area (Å²) in [5, 5.41) is 0. The van der Waals surface area contributed by atoms with Crippen molar-refractivity contribution in [2.75, 3.05) is 31.1 Å². The maximum Gasteiger partial charge on any atom is 0.294 e. The number of pyridine rings is 1. The highest BCUT2D eigenvalue weighted by molar-refractivity contribution is 5.77. The van der Waals surface area contributed by atoms with Gasteiger partial charge in [-0.1, -0.05) is 44.2 Å². The number of amides is 1. The van der Waals surface area contributed by atoms with Gasteiger partial charge in [0, 0.05) is 45.3 Å². The Morgan fingerprint density at radius 2 is 1.81 bits per heavy atom. The van der Waals surface area contributed by atoms with Crippen LogP contribution in [0.15, 0.2) is 53.6 Å². The average Bonchev–Trinajstić information content (AvgIpc) is 2.81. The normalized spacial score (nSPS) is 14.3. The van der Waals surface area contributed by atoms with Crippen molar-refractivity contribution in [3.8, 4) is 0 Å². The van der Waals surface area contributed by atoms with Crippen LogP contribution >= 0.6 is 0 Å². The summed E-state index contributed by atoms with van der Waals surface area (Å²) in [7, 11) is 0. The van der Waals surface area contributed by atoms with Crippen molar-refractivity contribution >= 4 is 22.8 Å². The smallest absolute Gasteiger partial charge is 0.294 e. The van der Waals surface area contributed by atoms with E-state index in [1.807, 2.05) is 34.1 Å². The molecule has 7 heteroatoms. The molecule has 168 valence electrons. The first kappa shape index (κ1) is 22.0. The van der Waals surface area contributed by atoms with Crippen molar-refractivity contribution in [2.24, 2.45) is 5.92 Å². The summed E-state index contributed by atoms with van der Waals surface area (Å²) in [5.74, 6) is 0.993. The van der Waals surface area contributed by atoms with Gasteiger partial charge in [0.2, 0.25) is 5.91 Å². The minimum atomic E-state index is -0.0816. The maximum absolute atomic E-state index is 13.3. The van der Waals surface area contributed by atoms with Crippen molar-refractivity contribution < 1.29 is 4.79 Å². The fourth-order valence-electron chi connectivity index (χ4n) is 4.24. The van der Waals surface area contributed by atoms with Crippen molar-refractivity contribution in [1.82, 2.24) is 19.4 Å². The Morgan fingerprint density at radius 1 is 1.06 bits per heavy atom. The second-order valence-corrected chi connectivity index (χ2v) is 8.82. The standard InChI is InChI=1S/C25H31N5O2/c1-19(2)18-30-22-17-26-12-11-21(22)27-24(25(30)32)29-15-13-28(14-16-29)23(31)10-6-9-20-7-4-3-5-8-20/h3-5,7-8,11-12,17,19H,6,9-10,13-16,18H2,1-2H3. The van der Waals surface area contributed by atoms with Crippen LogP contribution in [0.25, 0.3) is 11.0 Å². The van der Waals surface area contributed by atoms with Gasteiger partial charge in [-0.15, -0.1) is 0 Å². The summed E-state index contributed by atoms with van der Waals surface area (Å²) >= 11 is 0. The second-order valence-electron chi connectivity index (χ2n) is 8.82. The first-order chi connectivity index (χ1) is 15.5. The van der Waals surface area contributed by atoms with E-state index in [4.69, 9.17) is 0 Å². The topological polar surface area (TPSA) is 71.3 Å². The Bertz CT molecular complexity index is 1120. The van der Waals surface area contributed by atoms with Crippen LogP contribution in [-0.2, 0) is 17.8 Å². The van der Waals surface area contributed by atoms with E-state index >= 15 is 0 Å². The molecule has 0 unspecified atom stereocenters. The van der Waals surface area contributed by atoms with Gasteiger partial charge in [0.25, 0.3) is 5.56 Å². The third-order valence-corrected chi connectivity index (χ3v) is 5.91. The molecular weight excluding hydrogens is 402 g/mol. The predicted octanol–water partition coefficient (Wildman–Crippen LogP) is 3.12. The van der Waals surface area contributed by atoms with Crippen molar-refractivity contribution in [2.45, 2.75) is 39.7 Å². The molecule has 1 aliphatic rings. The second kappa shape index (κ2) is 9.94. The molecule has 1 fully saturated rings. The Morgan fingerprint density at radius 3 is 2.53 bits per heavy atom. The number of rotatable bonds is 7. The molecule has 7 nitrogen and oxygen atoms in total. The number of carbonyl (C=O) groups is 1. The zero-order chi connectivity index (χ0) is 22.5. The van der Waals surface area contributed by atoms with E-state index in [0.717, 1.165) is 23.9 Å². The highest BCUT2D eigenvalue weighted by atomic mass is 16.2. The Hall–Kier alpha value is -3.22. The van der Waals surface area contributed by atoms with Gasteiger partial charge in [-0.05, 0) is 30.4 Å². The molecule has 3 aromatic rings. The zero-order valence-corrected chi connectivity index (χ0v) is 18.9. The first-order valence-corrected chi connectivity index (χ1v) is 11.4. The molecule has 0 spiro atoms. The molecule has 0 radical (unpaired) electrons. The van der Waals surface area contributed by atoms with Crippen LogP contribution in [0.1, 0.15) is 32.3 Å². The molecule has 1 aromatic carbocycles. The Kier molecular flexibility index (Phi) is 6.83. The lowest BCUT2D eigenvalue weighted by Gasteiger charge is -2.35. The number of hydrogen-bond donors (Lipinski definition) is 0. The van der Waals surface area contributed by atoms with Crippen LogP contribution in [0, 0.1) is 5.92 Å². The van der Waals surface area contributed by atoms with Crippen molar-refractivity contribution in [3.63, 3.8) is 0 Å². The summed E-state index contributed by atoms with van der Waals surface area (Å²) in [5.41, 5.74) is 2.72. The van der Waals surface area contributed by atoms with Gasteiger partial charge in [0.15, 0.2) is 5.82 Å². The van der Waals surface area contributed by atoms with Gasteiger partial charge >= 0.3 is 0 Å². The van der Waals surface area contributed by atoms with E-state index in [1.165, 1.54) is 5.56 Å². The van der Waals surface area contributed by atoms with Gasteiger partial charge < -0.3 is 14.4 Å². The molecule has 1 amide bonds. The molecular formula is C25H31N5O2. The third-order valence-electron chi connectivity index (χ3n) is 5.91. The number of carbonyl (C=O) groups excluding carboxylic acids is 1. The number of fused-ring (bicyclic) bond motifs is 1. The van der Waals surface area contributed by atoms with Crippen LogP contribution < -0.4 is 10.5 Å². The molecule has 1 saturated heterocycles. The van der Waals surface area contributed by atoms with Crippen molar-refractivity contribution in [3.05, 3.63) is 64.7 Å². The monoisotopic (exact) mass is 433 g/mol. The van der Waals surface area contributed by atoms with E-state index in [2.05, 4.69) is 35.9 Å². The van der Waals surface area contributed by atoms with Gasteiger partial charge in [0.05, 0.1) is 17.2 Å². The number of hydrogen-bond acceptors (Lipinski definition) is 5. The lowest BCUT2D eigenvalue weighted by molar-refractivity contribution is -0.131. The van der Waals surface area contributed by atoms with Gasteiger partial charge in [0.1, 0.15) is 0 Å². The first-order valence-electron chi connectivity index (χ1n) is 11.4. The highest BCUT2D eigenvalue weighted by Gasteiger charge is 2.24. The fourth-order valence-corrected chi connectivity index (χ4v) is 4.24. The average molecular weight is 434 g/mol. The summed E-state index contributed by atoms with van der Waals surface area (Å²) in [6.07, 6.45) is 5.73. The zero-order valence-electron chi connectivity index (χ0n) is 18.9. The number of benzene rings is 1. The molecule has 4 rings (SSSR count). The van der Waals surface area contributed by atoms with E-state index < -0.39 is 0 Å². The van der Waals surface area contributed by atoms with Crippen LogP contribution in [0.5, 0.6) is 0 Å². The summed E-state index contributed by atoms with van der Waals surface area (Å²) in [4.78, 5) is 38.7. The molecule has 3 heterocycles. The quantitative estimate of drug-likeness (QED) is 0.573. The number of aromatic nitrogens is 3. The highest BCUT2D eigenvalue weighted by Crippen LogP contribution is 2.17. The van der Waals surface area contributed by atoms with Crippen LogP contribution in [0.3, 0.4) is 0 Å². The van der Waals surface area contributed by atoms with E-state index in [-0.39, 0.29) is 11.5 Å². The lowest BCUT2D eigenvalue weighted by atomic mass is 10.1. The molecule has 0 saturated carbocycles. The third kappa shape index (κ3) is 4.98. The number of aryl methyl sites for hydroxylation is 1. The molecule has 32 heavy (non-hydrogen) atoms. The maximum atomic E-state index is 13.3. The minimum Gasteiger partial charge on any atom is -0.348 e. The predicted molar refractivity (Wildman–Crippen MR) is 127 cm³/mol. The Labute approximate surface area is 188 Å². The number of nitrogens with zero attached hydrogens (tertiary/aromatic N) is 5. The van der Waals surface area contributed by atoms with Crippen LogP contribution in [0.2, 0.25) is 0 Å². The molecule has 2 aromatic heterocycles.